The Bertz CT molecular complexity index is 1110. The Morgan fingerprint density at radius 3 is 2.70 bits per heavy atom. The molecule has 0 saturated carbocycles. The summed E-state index contributed by atoms with van der Waals surface area (Å²) in [6, 6.07) is 9.80. The quantitative estimate of drug-likeness (QED) is 0.560. The number of thiophene rings is 1. The van der Waals surface area contributed by atoms with Gasteiger partial charge in [0.1, 0.15) is 5.00 Å². The van der Waals surface area contributed by atoms with Gasteiger partial charge in [-0.2, -0.15) is 0 Å². The van der Waals surface area contributed by atoms with Gasteiger partial charge in [0, 0.05) is 32.3 Å². The summed E-state index contributed by atoms with van der Waals surface area (Å²) in [5, 5.41) is 8.33. The third-order valence-corrected chi connectivity index (χ3v) is 7.18. The molecule has 2 aromatic rings. The highest BCUT2D eigenvalue weighted by atomic mass is 32.1. The second kappa shape index (κ2) is 9.36. The maximum Gasteiger partial charge on any atom is 0.341 e. The van der Waals surface area contributed by atoms with Crippen LogP contribution >= 0.6 is 11.3 Å². The number of Topliss-reactive ketones (excluding diaryl/α,β-unsaturated/α-hetero) is 1. The van der Waals surface area contributed by atoms with Gasteiger partial charge in [-0.25, -0.2) is 10.2 Å². The number of ketones is 1. The van der Waals surface area contributed by atoms with Crippen LogP contribution in [0.25, 0.3) is 0 Å². The molecule has 0 fully saturated rings. The number of hydrogen-bond acceptors (Lipinski definition) is 8. The molecule has 0 bridgehead atoms. The predicted molar refractivity (Wildman–Crippen MR) is 127 cm³/mol. The Hall–Kier alpha value is -3.17. The zero-order chi connectivity index (χ0) is 23.6. The molecular weight excluding hydrogens is 440 g/mol. The molecule has 33 heavy (non-hydrogen) atoms. The lowest BCUT2D eigenvalue weighted by Crippen LogP contribution is -2.46. The number of amides is 1. The summed E-state index contributed by atoms with van der Waals surface area (Å²) in [7, 11) is 1.92. The van der Waals surface area contributed by atoms with Crippen molar-refractivity contribution in [3.63, 3.8) is 0 Å². The van der Waals surface area contributed by atoms with Crippen LogP contribution in [0.3, 0.4) is 0 Å². The Labute approximate surface area is 197 Å². The molecule has 2 heterocycles. The van der Waals surface area contributed by atoms with Gasteiger partial charge in [-0.15, -0.1) is 11.3 Å². The molecule has 2 aliphatic rings. The van der Waals surface area contributed by atoms with Crippen LogP contribution in [0.15, 0.2) is 42.2 Å². The van der Waals surface area contributed by atoms with E-state index >= 15 is 0 Å². The van der Waals surface area contributed by atoms with E-state index in [-0.39, 0.29) is 18.3 Å². The number of esters is 1. The highest BCUT2D eigenvalue weighted by Crippen LogP contribution is 2.48. The van der Waals surface area contributed by atoms with E-state index in [2.05, 4.69) is 16.1 Å². The monoisotopic (exact) mass is 468 g/mol. The van der Waals surface area contributed by atoms with Gasteiger partial charge in [0.25, 0.3) is 0 Å². The molecule has 1 aromatic heterocycles. The number of hydrazine groups is 1. The SMILES string of the molecule is CCOC(=O)c1c(NC(C)=O)sc2c1CCC(CC1=CN(C)NCN1)(c1ccccc1)C2=O. The van der Waals surface area contributed by atoms with Crippen molar-refractivity contribution in [2.45, 2.75) is 38.5 Å². The molecule has 8 nitrogen and oxygen atoms in total. The number of ether oxygens (including phenoxy) is 1. The van der Waals surface area contributed by atoms with Crippen molar-refractivity contribution in [2.75, 3.05) is 25.6 Å². The Morgan fingerprint density at radius 1 is 1.27 bits per heavy atom. The van der Waals surface area contributed by atoms with Gasteiger partial charge >= 0.3 is 5.97 Å². The lowest BCUT2D eigenvalue weighted by Gasteiger charge is -2.38. The number of fused-ring (bicyclic) bond motifs is 1. The summed E-state index contributed by atoms with van der Waals surface area (Å²) in [5.41, 5.74) is 5.25. The summed E-state index contributed by atoms with van der Waals surface area (Å²) in [6.07, 6.45) is 3.53. The number of hydrogen-bond donors (Lipinski definition) is 3. The van der Waals surface area contributed by atoms with Gasteiger partial charge < -0.3 is 20.4 Å². The van der Waals surface area contributed by atoms with Crippen LogP contribution in [0.5, 0.6) is 0 Å². The molecule has 3 N–H and O–H groups in total. The molecule has 1 amide bonds. The molecule has 0 saturated heterocycles. The molecule has 4 rings (SSSR count). The number of anilines is 1. The van der Waals surface area contributed by atoms with Gasteiger partial charge in [0.2, 0.25) is 5.91 Å². The van der Waals surface area contributed by atoms with E-state index in [1.165, 1.54) is 18.3 Å². The fourth-order valence-corrected chi connectivity index (χ4v) is 5.89. The first-order valence-corrected chi connectivity index (χ1v) is 11.8. The highest BCUT2D eigenvalue weighted by Gasteiger charge is 2.47. The summed E-state index contributed by atoms with van der Waals surface area (Å²) in [4.78, 5) is 39.3. The third-order valence-electron chi connectivity index (χ3n) is 6.03. The van der Waals surface area contributed by atoms with Crippen molar-refractivity contribution < 1.29 is 19.1 Å². The molecular formula is C24H28N4O4S. The second-order valence-corrected chi connectivity index (χ2v) is 9.27. The van der Waals surface area contributed by atoms with E-state index in [0.29, 0.717) is 46.9 Å². The van der Waals surface area contributed by atoms with E-state index in [1.54, 1.807) is 6.92 Å². The van der Waals surface area contributed by atoms with Crippen LogP contribution in [0, 0.1) is 0 Å². The van der Waals surface area contributed by atoms with Crippen molar-refractivity contribution in [3.8, 4) is 0 Å². The molecule has 1 aliphatic carbocycles. The summed E-state index contributed by atoms with van der Waals surface area (Å²) in [5.74, 6) is -0.845. The van der Waals surface area contributed by atoms with E-state index in [0.717, 1.165) is 11.3 Å². The zero-order valence-electron chi connectivity index (χ0n) is 19.0. The topological polar surface area (TPSA) is 99.8 Å². The minimum Gasteiger partial charge on any atom is -0.462 e. The number of nitrogens with one attached hydrogen (secondary N) is 3. The van der Waals surface area contributed by atoms with Crippen molar-refractivity contribution in [2.24, 2.45) is 0 Å². The van der Waals surface area contributed by atoms with Crippen molar-refractivity contribution >= 4 is 34.0 Å². The first kappa shape index (κ1) is 23.0. The molecule has 1 unspecified atom stereocenters. The number of allylic oxidation sites excluding steroid dienone is 1. The fourth-order valence-electron chi connectivity index (χ4n) is 4.56. The second-order valence-electron chi connectivity index (χ2n) is 8.25. The van der Waals surface area contributed by atoms with E-state index in [1.807, 2.05) is 48.6 Å². The van der Waals surface area contributed by atoms with Crippen LogP contribution in [0.1, 0.15) is 57.8 Å². The van der Waals surface area contributed by atoms with Gasteiger partial charge in [0.15, 0.2) is 5.78 Å². The van der Waals surface area contributed by atoms with Crippen molar-refractivity contribution in [1.82, 2.24) is 15.8 Å². The molecule has 0 spiro atoms. The first-order valence-electron chi connectivity index (χ1n) is 11.0. The summed E-state index contributed by atoms with van der Waals surface area (Å²) in [6.45, 7) is 3.91. The number of carbonyl (C=O) groups is 3. The highest BCUT2D eigenvalue weighted by molar-refractivity contribution is 7.19. The maximum atomic E-state index is 14.2. The molecule has 174 valence electrons. The zero-order valence-corrected chi connectivity index (χ0v) is 19.8. The number of nitrogens with zero attached hydrogens (tertiary/aromatic N) is 1. The van der Waals surface area contributed by atoms with Gasteiger partial charge in [-0.3, -0.25) is 9.59 Å². The average molecular weight is 469 g/mol. The minimum atomic E-state index is -0.782. The van der Waals surface area contributed by atoms with Crippen LogP contribution < -0.4 is 16.1 Å². The lowest BCUT2D eigenvalue weighted by atomic mass is 9.66. The number of carbonyl (C=O) groups excluding carboxylic acids is 3. The normalized spacial score (nSPS) is 19.9. The summed E-state index contributed by atoms with van der Waals surface area (Å²) < 4.78 is 5.25. The largest absolute Gasteiger partial charge is 0.462 e. The van der Waals surface area contributed by atoms with Crippen LogP contribution in [0.4, 0.5) is 5.00 Å². The predicted octanol–water partition coefficient (Wildman–Crippen LogP) is 3.18. The van der Waals surface area contributed by atoms with Crippen molar-refractivity contribution in [3.05, 3.63) is 63.8 Å². The molecule has 0 radical (unpaired) electrons. The van der Waals surface area contributed by atoms with E-state index in [9.17, 15) is 14.4 Å². The Balaban J connectivity index is 1.82. The molecule has 1 aliphatic heterocycles. The summed E-state index contributed by atoms with van der Waals surface area (Å²) >= 11 is 1.17. The molecule has 1 aromatic carbocycles. The first-order chi connectivity index (χ1) is 15.9. The average Bonchev–Trinajstić information content (AvgIpc) is 3.14. The van der Waals surface area contributed by atoms with Crippen LogP contribution in [-0.4, -0.2) is 43.0 Å². The fraction of sp³-hybridized carbons (Fsp3) is 0.375. The van der Waals surface area contributed by atoms with E-state index in [4.69, 9.17) is 4.74 Å². The number of rotatable bonds is 6. The van der Waals surface area contributed by atoms with E-state index < -0.39 is 11.4 Å². The Kier molecular flexibility index (Phi) is 6.53. The van der Waals surface area contributed by atoms with Gasteiger partial charge in [-0.05, 0) is 30.9 Å². The van der Waals surface area contributed by atoms with Gasteiger partial charge in [-0.1, -0.05) is 30.3 Å². The van der Waals surface area contributed by atoms with Crippen molar-refractivity contribution in [1.29, 1.82) is 0 Å². The third kappa shape index (κ3) is 4.38. The van der Waals surface area contributed by atoms with Crippen LogP contribution in [0.2, 0.25) is 0 Å². The molecule has 9 heteroatoms. The molecule has 1 atom stereocenters. The maximum absolute atomic E-state index is 14.2. The minimum absolute atomic E-state index is 0.0361. The Morgan fingerprint density at radius 2 is 2.03 bits per heavy atom. The van der Waals surface area contributed by atoms with Gasteiger partial charge in [0.05, 0.1) is 29.1 Å². The number of benzene rings is 1. The smallest absolute Gasteiger partial charge is 0.341 e. The lowest BCUT2D eigenvalue weighted by molar-refractivity contribution is -0.114. The van der Waals surface area contributed by atoms with Crippen LogP contribution in [-0.2, 0) is 21.4 Å². The standard InChI is InChI=1S/C24H28N4O4S/c1-4-32-23(31)19-18-10-11-24(16-8-6-5-7-9-16,12-17-13-28(3)26-14-25-17)21(30)20(18)33-22(19)27-15(2)29/h5-9,13,25-26H,4,10-12,14H2,1-3H3,(H,27,29).